The molecule has 0 heterocycles. The number of aliphatic hydroxyl groups excluding tert-OH is 4. The summed E-state index contributed by atoms with van der Waals surface area (Å²) in [5.41, 5.74) is 5.28. The molecule has 0 saturated carbocycles. The molecule has 0 aliphatic carbocycles. The first-order valence-corrected chi connectivity index (χ1v) is 37.6. The van der Waals surface area contributed by atoms with Gasteiger partial charge in [-0.15, -0.1) is 0 Å². The number of hydrogen-bond acceptors (Lipinski definition) is 28. The summed E-state index contributed by atoms with van der Waals surface area (Å²) in [6.07, 6.45) is 0. The second-order valence-electron chi connectivity index (χ2n) is 29.1. The number of methoxy groups -OCH3 is 8. The third kappa shape index (κ3) is 42.6. The first-order valence-electron chi connectivity index (χ1n) is 37.6. The van der Waals surface area contributed by atoms with E-state index in [0.29, 0.717) is 143 Å². The van der Waals surface area contributed by atoms with Crippen molar-refractivity contribution in [1.29, 1.82) is 0 Å². The molecule has 0 aromatic heterocycles. The molecule has 0 fully saturated rings. The molecule has 8 aromatic carbocycles. The van der Waals surface area contributed by atoms with Crippen LogP contribution in [-0.4, -0.2) is 158 Å². The zero-order chi connectivity index (χ0) is 87.5. The molecular weight excluding hydrogens is 1750 g/mol. The van der Waals surface area contributed by atoms with Crippen LogP contribution in [0.3, 0.4) is 0 Å². The van der Waals surface area contributed by atoms with Crippen molar-refractivity contribution in [3.63, 3.8) is 0 Å². The zero-order valence-corrected chi connectivity index (χ0v) is 86.2. The van der Waals surface area contributed by atoms with Crippen LogP contribution in [-0.2, 0) is 130 Å². The number of hydrogen-bond donors (Lipinski definition) is 12. The van der Waals surface area contributed by atoms with Crippen molar-refractivity contribution in [2.24, 2.45) is 21.7 Å². The molecule has 648 valence electrons. The van der Waals surface area contributed by atoms with Crippen molar-refractivity contribution in [3.8, 4) is 92.0 Å². The first kappa shape index (κ1) is 119. The maximum atomic E-state index is 12.2. The van der Waals surface area contributed by atoms with E-state index in [1.807, 2.05) is 97.1 Å². The molecule has 12 N–H and O–H groups in total. The second kappa shape index (κ2) is 65.3. The number of benzene rings is 8. The van der Waals surface area contributed by atoms with Gasteiger partial charge in [0.1, 0.15) is 46.0 Å². The number of aliphatic hydroxyl groups is 4. The Labute approximate surface area is 763 Å². The summed E-state index contributed by atoms with van der Waals surface area (Å²) in [6.45, 7) is 26.7. The number of nitrogens with one attached hydrogen (secondary N) is 8. The van der Waals surface area contributed by atoms with Gasteiger partial charge in [0.25, 0.3) is 0 Å². The van der Waals surface area contributed by atoms with Gasteiger partial charge >= 0.3 is 77.9 Å². The average Bonchev–Trinajstić information content (AvgIpc) is 0.893. The Morgan fingerprint density at radius 3 is 0.375 bits per heavy atom. The van der Waals surface area contributed by atoms with Crippen LogP contribution in [0.4, 0.5) is 0 Å². The van der Waals surface area contributed by atoms with Gasteiger partial charge in [-0.2, -0.15) is 0 Å². The molecule has 32 heteroatoms. The minimum Gasteiger partial charge on any atom is -0.870 e. The fourth-order valence-electron chi connectivity index (χ4n) is 11.4. The molecular formula is C88H128N8O20Zn4. The van der Waals surface area contributed by atoms with Gasteiger partial charge < -0.3 is 142 Å². The molecule has 0 aliphatic heterocycles. The SMILES string of the molecule is CO.CO.CO.CO.COc1cccc(CNCC(C)(C)CNCc2cccc(OC)c2[O-])c1[O-].COc1cccc(CNCC(C)(C)CNCc2cccc(OC)c2[O-])c1[O-].COc1cccc(CNCC(C)(C)CNCc2cccc(OC)c2[O-])c1[O-].COc1cccc(CNCC(C)(C)CNCc2cccc(OC)c2[O-])c1[O-].[Zn+2].[Zn+2].[Zn+2].[Zn+2]. The topological polar surface area (TPSA) is 435 Å². The van der Waals surface area contributed by atoms with Gasteiger partial charge in [-0.05, 0) is 115 Å². The van der Waals surface area contributed by atoms with E-state index in [2.05, 4.69) is 97.9 Å². The Morgan fingerprint density at radius 1 is 0.200 bits per heavy atom. The van der Waals surface area contributed by atoms with Crippen LogP contribution in [0.5, 0.6) is 92.0 Å². The van der Waals surface area contributed by atoms with Crippen LogP contribution in [0.15, 0.2) is 146 Å². The van der Waals surface area contributed by atoms with Gasteiger partial charge in [0, 0.05) is 133 Å². The molecule has 0 atom stereocenters. The minimum atomic E-state index is -0.0792. The molecule has 8 rings (SSSR count). The van der Waals surface area contributed by atoms with Crippen LogP contribution in [0.25, 0.3) is 0 Å². The van der Waals surface area contributed by atoms with E-state index in [0.717, 1.165) is 80.8 Å². The van der Waals surface area contributed by atoms with E-state index < -0.39 is 0 Å². The molecule has 0 bridgehead atoms. The molecule has 0 aliphatic rings. The van der Waals surface area contributed by atoms with Gasteiger partial charge in [-0.1, -0.05) is 198 Å². The summed E-state index contributed by atoms with van der Waals surface area (Å²) >= 11 is 0. The standard InChI is InChI=1S/4C21H30N2O4.4CH4O.4Zn/c4*1-21(2,13-22-11-15-7-5-9-17(26-3)19(15)24)14-23-12-16-8-6-10-18(27-4)20(16)25;4*1-2;;;;/h4*5-10,22-25H,11-14H2,1-4H3;4*2H,1H3;;;;/q;;;;;;;;4*+2/p-8. The normalized spacial score (nSPS) is 10.5. The maximum Gasteiger partial charge on any atom is 2.00 e. The van der Waals surface area contributed by atoms with Crippen LogP contribution in [0.1, 0.15) is 99.9 Å². The van der Waals surface area contributed by atoms with E-state index in [9.17, 15) is 40.9 Å². The van der Waals surface area contributed by atoms with Crippen molar-refractivity contribution in [2.75, 3.05) is 138 Å². The summed E-state index contributed by atoms with van der Waals surface area (Å²) in [6, 6.07) is 42.4. The van der Waals surface area contributed by atoms with Crippen LogP contribution < -0.4 is 121 Å². The van der Waals surface area contributed by atoms with Gasteiger partial charge in [0.2, 0.25) is 0 Å². The van der Waals surface area contributed by atoms with E-state index in [4.69, 9.17) is 58.3 Å². The third-order valence-electron chi connectivity index (χ3n) is 17.6. The quantitative estimate of drug-likeness (QED) is 0.0212. The predicted molar refractivity (Wildman–Crippen MR) is 441 cm³/mol. The summed E-state index contributed by atoms with van der Waals surface area (Å²) < 4.78 is 40.6. The number of para-hydroxylation sites is 8. The molecule has 0 spiro atoms. The average molecular weight is 1880 g/mol. The maximum absolute atomic E-state index is 12.2. The monoisotopic (exact) mass is 1870 g/mol. The number of ether oxygens (including phenoxy) is 8. The predicted octanol–water partition coefficient (Wildman–Crippen LogP) is 5.45. The van der Waals surface area contributed by atoms with Gasteiger partial charge in [-0.3, -0.25) is 0 Å². The Balaban J connectivity index is -0.000000718. The summed E-state index contributed by atoms with van der Waals surface area (Å²) in [4.78, 5) is 0. The second-order valence-corrected chi connectivity index (χ2v) is 29.1. The van der Waals surface area contributed by atoms with Gasteiger partial charge in [-0.25, -0.2) is 0 Å². The number of rotatable bonds is 40. The van der Waals surface area contributed by atoms with Crippen LogP contribution >= 0.6 is 0 Å². The molecule has 0 radical (unpaired) electrons. The largest absolute Gasteiger partial charge is 2.00 e. The Morgan fingerprint density at radius 2 is 0.292 bits per heavy atom. The minimum absolute atomic E-state index is 0. The summed E-state index contributed by atoms with van der Waals surface area (Å²) in [5.74, 6) is 2.27. The fourth-order valence-corrected chi connectivity index (χ4v) is 11.4. The van der Waals surface area contributed by atoms with Crippen LogP contribution in [0.2, 0.25) is 0 Å². The van der Waals surface area contributed by atoms with Crippen molar-refractivity contribution in [3.05, 3.63) is 190 Å². The third-order valence-corrected chi connectivity index (χ3v) is 17.6. The van der Waals surface area contributed by atoms with E-state index >= 15 is 0 Å². The van der Waals surface area contributed by atoms with E-state index in [-0.39, 0.29) is 146 Å². The van der Waals surface area contributed by atoms with E-state index in [1.54, 1.807) is 48.5 Å². The van der Waals surface area contributed by atoms with Crippen molar-refractivity contribution in [1.82, 2.24) is 42.5 Å². The Kier molecular flexibility index (Phi) is 64.7. The first-order chi connectivity index (χ1) is 55.5. The molecule has 28 nitrogen and oxygen atoms in total. The van der Waals surface area contributed by atoms with Crippen molar-refractivity contribution in [2.45, 2.75) is 108 Å². The molecule has 0 amide bonds. The van der Waals surface area contributed by atoms with Gasteiger partial charge in [0.15, 0.2) is 0 Å². The van der Waals surface area contributed by atoms with Crippen molar-refractivity contribution >= 4 is 0 Å². The van der Waals surface area contributed by atoms with Crippen LogP contribution in [0, 0.1) is 21.7 Å². The Hall–Kier alpha value is -7.43. The molecule has 0 unspecified atom stereocenters. The van der Waals surface area contributed by atoms with Crippen molar-refractivity contribution < 1.29 is 177 Å². The zero-order valence-electron chi connectivity index (χ0n) is 74.3. The smallest absolute Gasteiger partial charge is 0.870 e. The van der Waals surface area contributed by atoms with Gasteiger partial charge in [0.05, 0.1) is 56.9 Å². The molecule has 120 heavy (non-hydrogen) atoms. The van der Waals surface area contributed by atoms with E-state index in [1.165, 1.54) is 56.9 Å². The fraction of sp³-hybridized carbons (Fsp3) is 0.455. The summed E-state index contributed by atoms with van der Waals surface area (Å²) in [7, 11) is 16.0. The summed E-state index contributed by atoms with van der Waals surface area (Å²) in [5, 5.41) is 152. The molecule has 0 saturated heterocycles. The molecule has 8 aromatic rings. The Bertz CT molecular complexity index is 3290.